The molecule has 5 rings (SSSR count). The summed E-state index contributed by atoms with van der Waals surface area (Å²) in [4.78, 5) is 11.5. The average molecular weight is 427 g/mol. The summed E-state index contributed by atoms with van der Waals surface area (Å²) in [6.45, 7) is 8.62. The number of nitrogens with zero attached hydrogens (tertiary/aromatic N) is 4. The van der Waals surface area contributed by atoms with E-state index in [1.54, 1.807) is 6.07 Å². The van der Waals surface area contributed by atoms with Crippen LogP contribution in [0.5, 0.6) is 0 Å². The molecule has 158 valence electrons. The van der Waals surface area contributed by atoms with Crippen molar-refractivity contribution in [3.63, 3.8) is 0 Å². The monoisotopic (exact) mass is 426 g/mol. The van der Waals surface area contributed by atoms with Gasteiger partial charge in [0.05, 0.1) is 6.20 Å². The summed E-state index contributed by atoms with van der Waals surface area (Å²) in [6, 6.07) is 10.0. The van der Waals surface area contributed by atoms with E-state index in [1.807, 2.05) is 6.07 Å². The van der Waals surface area contributed by atoms with Crippen molar-refractivity contribution in [2.45, 2.75) is 39.2 Å². The largest absolute Gasteiger partial charge is 0.357 e. The van der Waals surface area contributed by atoms with Crippen molar-refractivity contribution in [3.8, 4) is 0 Å². The van der Waals surface area contributed by atoms with Gasteiger partial charge in [-0.15, -0.1) is 0 Å². The van der Waals surface area contributed by atoms with Crippen LogP contribution in [0.3, 0.4) is 0 Å². The van der Waals surface area contributed by atoms with Gasteiger partial charge >= 0.3 is 0 Å². The Labute approximate surface area is 182 Å². The SMILES string of the molecule is CC/C=C(\N1CC2(C1)CN(c1ccc(F)cn1)C2)N1c2ccc(Cl)cc2CCC1C. The number of hydrogen-bond donors (Lipinski definition) is 0. The molecule has 0 aliphatic carbocycles. The third kappa shape index (κ3) is 3.33. The molecule has 30 heavy (non-hydrogen) atoms. The fraction of sp³-hybridized carbons (Fsp3) is 0.458. The third-order valence-electron chi connectivity index (χ3n) is 6.67. The topological polar surface area (TPSA) is 22.6 Å². The molecule has 2 fully saturated rings. The van der Waals surface area contributed by atoms with Gasteiger partial charge in [0.2, 0.25) is 0 Å². The van der Waals surface area contributed by atoms with Gasteiger partial charge in [-0.25, -0.2) is 9.37 Å². The molecule has 3 aliphatic rings. The summed E-state index contributed by atoms with van der Waals surface area (Å²) >= 11 is 6.27. The van der Waals surface area contributed by atoms with Crippen molar-refractivity contribution in [1.82, 2.24) is 9.88 Å². The number of rotatable bonds is 4. The molecule has 2 aromatic rings. The number of hydrogen-bond acceptors (Lipinski definition) is 4. The summed E-state index contributed by atoms with van der Waals surface area (Å²) in [5.74, 6) is 1.92. The zero-order chi connectivity index (χ0) is 20.9. The number of pyridine rings is 1. The Morgan fingerprint density at radius 2 is 2.03 bits per heavy atom. The highest BCUT2D eigenvalue weighted by molar-refractivity contribution is 6.30. The summed E-state index contributed by atoms with van der Waals surface area (Å²) in [7, 11) is 0. The van der Waals surface area contributed by atoms with Crippen molar-refractivity contribution in [1.29, 1.82) is 0 Å². The van der Waals surface area contributed by atoms with E-state index in [2.05, 4.69) is 51.7 Å². The minimum Gasteiger partial charge on any atom is -0.357 e. The van der Waals surface area contributed by atoms with E-state index in [0.29, 0.717) is 11.5 Å². The van der Waals surface area contributed by atoms with E-state index in [9.17, 15) is 4.39 Å². The first-order valence-electron chi connectivity index (χ1n) is 10.9. The van der Waals surface area contributed by atoms with Crippen LogP contribution in [0.2, 0.25) is 5.02 Å². The molecule has 1 aromatic heterocycles. The molecular weight excluding hydrogens is 399 g/mol. The number of allylic oxidation sites excluding steroid dienone is 1. The Hall–Kier alpha value is -2.27. The average Bonchev–Trinajstić information content (AvgIpc) is 2.66. The molecule has 4 heterocycles. The van der Waals surface area contributed by atoms with Crippen molar-refractivity contribution < 1.29 is 4.39 Å². The Morgan fingerprint density at radius 3 is 2.73 bits per heavy atom. The number of aryl methyl sites for hydroxylation is 1. The fourth-order valence-corrected chi connectivity index (χ4v) is 5.43. The van der Waals surface area contributed by atoms with Crippen LogP contribution in [0.25, 0.3) is 0 Å². The van der Waals surface area contributed by atoms with Crippen LogP contribution in [-0.2, 0) is 6.42 Å². The second kappa shape index (κ2) is 7.45. The number of fused-ring (bicyclic) bond motifs is 1. The van der Waals surface area contributed by atoms with E-state index < -0.39 is 0 Å². The maximum Gasteiger partial charge on any atom is 0.141 e. The first-order chi connectivity index (χ1) is 14.5. The number of likely N-dealkylation sites (tertiary alicyclic amines) is 1. The number of anilines is 2. The summed E-state index contributed by atoms with van der Waals surface area (Å²) in [6.07, 6.45) is 6.90. The van der Waals surface area contributed by atoms with Gasteiger partial charge < -0.3 is 14.7 Å². The van der Waals surface area contributed by atoms with Gasteiger partial charge in [0.15, 0.2) is 0 Å². The molecule has 1 atom stereocenters. The minimum atomic E-state index is -0.282. The quantitative estimate of drug-likeness (QED) is 0.679. The molecule has 4 nitrogen and oxygen atoms in total. The molecule has 1 unspecified atom stereocenters. The standard InChI is InChI=1S/C24H28ClFN4/c1-3-4-23(30-17(2)5-6-18-11-19(25)7-9-21(18)30)29-15-24(16-29)13-28(14-24)22-10-8-20(26)12-27-22/h4,7-12,17H,3,5-6,13-16H2,1-2H3/b23-4+. The lowest BCUT2D eigenvalue weighted by Gasteiger charge is -2.62. The van der Waals surface area contributed by atoms with Crippen molar-refractivity contribution in [2.24, 2.45) is 5.41 Å². The molecule has 1 spiro atoms. The molecule has 6 heteroatoms. The predicted molar refractivity (Wildman–Crippen MR) is 121 cm³/mol. The van der Waals surface area contributed by atoms with Crippen LogP contribution >= 0.6 is 11.6 Å². The second-order valence-electron chi connectivity index (χ2n) is 9.05. The normalized spacial score (nSPS) is 22.6. The third-order valence-corrected chi connectivity index (χ3v) is 6.91. The van der Waals surface area contributed by atoms with Gasteiger partial charge in [0, 0.05) is 48.3 Å². The van der Waals surface area contributed by atoms with Gasteiger partial charge in [-0.3, -0.25) is 0 Å². The van der Waals surface area contributed by atoms with Gasteiger partial charge in [-0.05, 0) is 68.2 Å². The Morgan fingerprint density at radius 1 is 1.23 bits per heavy atom. The van der Waals surface area contributed by atoms with Gasteiger partial charge in [0.1, 0.15) is 17.5 Å². The Kier molecular flexibility index (Phi) is 4.89. The second-order valence-corrected chi connectivity index (χ2v) is 9.48. The van der Waals surface area contributed by atoms with Crippen LogP contribution in [0.15, 0.2) is 48.4 Å². The summed E-state index contributed by atoms with van der Waals surface area (Å²) < 4.78 is 13.1. The van der Waals surface area contributed by atoms with Gasteiger partial charge in [0.25, 0.3) is 0 Å². The first kappa shape index (κ1) is 19.7. The Bertz CT molecular complexity index is 960. The maximum absolute atomic E-state index is 13.1. The van der Waals surface area contributed by atoms with Crippen LogP contribution in [0, 0.1) is 11.2 Å². The smallest absolute Gasteiger partial charge is 0.141 e. The molecule has 0 N–H and O–H groups in total. The molecule has 0 bridgehead atoms. The molecule has 1 aromatic carbocycles. The minimum absolute atomic E-state index is 0.282. The number of aromatic nitrogens is 1. The van der Waals surface area contributed by atoms with Crippen LogP contribution in [0.1, 0.15) is 32.3 Å². The van der Waals surface area contributed by atoms with Crippen LogP contribution in [0.4, 0.5) is 15.9 Å². The molecule has 0 amide bonds. The van der Waals surface area contributed by atoms with Crippen molar-refractivity contribution in [2.75, 3.05) is 36.0 Å². The van der Waals surface area contributed by atoms with Gasteiger partial charge in [-0.1, -0.05) is 18.5 Å². The van der Waals surface area contributed by atoms with Gasteiger partial charge in [-0.2, -0.15) is 0 Å². The summed E-state index contributed by atoms with van der Waals surface area (Å²) in [5.41, 5.74) is 2.96. The number of halogens is 2. The highest BCUT2D eigenvalue weighted by Gasteiger charge is 2.53. The summed E-state index contributed by atoms with van der Waals surface area (Å²) in [5, 5.41) is 0.816. The highest BCUT2D eigenvalue weighted by Crippen LogP contribution is 2.45. The van der Waals surface area contributed by atoms with E-state index in [4.69, 9.17) is 11.6 Å². The maximum atomic E-state index is 13.1. The Balaban J connectivity index is 1.31. The zero-order valence-corrected chi connectivity index (χ0v) is 18.4. The first-order valence-corrected chi connectivity index (χ1v) is 11.3. The zero-order valence-electron chi connectivity index (χ0n) is 17.6. The molecule has 0 radical (unpaired) electrons. The van der Waals surface area contributed by atoms with E-state index in [1.165, 1.54) is 29.3 Å². The lowest BCUT2D eigenvalue weighted by molar-refractivity contribution is 0.0000548. The lowest BCUT2D eigenvalue weighted by Crippen LogP contribution is -2.73. The number of benzene rings is 1. The molecular formula is C24H28ClFN4. The van der Waals surface area contributed by atoms with Crippen molar-refractivity contribution >= 4 is 23.1 Å². The fourth-order valence-electron chi connectivity index (χ4n) is 5.24. The highest BCUT2D eigenvalue weighted by atomic mass is 35.5. The molecule has 0 saturated carbocycles. The van der Waals surface area contributed by atoms with Crippen LogP contribution < -0.4 is 9.80 Å². The molecule has 2 saturated heterocycles. The lowest BCUT2D eigenvalue weighted by atomic mass is 9.72. The van der Waals surface area contributed by atoms with E-state index >= 15 is 0 Å². The van der Waals surface area contributed by atoms with E-state index in [-0.39, 0.29) is 5.82 Å². The van der Waals surface area contributed by atoms with Crippen LogP contribution in [-0.4, -0.2) is 42.1 Å². The van der Waals surface area contributed by atoms with Crippen molar-refractivity contribution in [3.05, 3.63) is 64.8 Å². The van der Waals surface area contributed by atoms with E-state index in [0.717, 1.165) is 56.3 Å². The predicted octanol–water partition coefficient (Wildman–Crippen LogP) is 5.09. The molecule has 3 aliphatic heterocycles.